The summed E-state index contributed by atoms with van der Waals surface area (Å²) in [4.78, 5) is 13.8. The Balaban J connectivity index is 2.20. The third-order valence-electron chi connectivity index (χ3n) is 3.00. The predicted molar refractivity (Wildman–Crippen MR) is 69.3 cm³/mol. The molecule has 5 nitrogen and oxygen atoms in total. The summed E-state index contributed by atoms with van der Waals surface area (Å²) in [5.41, 5.74) is 0.813. The first-order valence-corrected chi connectivity index (χ1v) is 6.29. The van der Waals surface area contributed by atoms with Crippen molar-refractivity contribution in [2.24, 2.45) is 4.99 Å². The van der Waals surface area contributed by atoms with Crippen LogP contribution in [0.4, 0.5) is 0 Å². The topological polar surface area (TPSA) is 57.1 Å². The van der Waals surface area contributed by atoms with Crippen LogP contribution in [0.15, 0.2) is 23.2 Å². The third kappa shape index (κ3) is 3.56. The van der Waals surface area contributed by atoms with Gasteiger partial charge in [-0.05, 0) is 18.9 Å². The van der Waals surface area contributed by atoms with Crippen LogP contribution in [0.3, 0.4) is 0 Å². The van der Waals surface area contributed by atoms with E-state index in [4.69, 9.17) is 14.2 Å². The van der Waals surface area contributed by atoms with Crippen molar-refractivity contribution in [3.05, 3.63) is 23.8 Å². The first-order valence-electron chi connectivity index (χ1n) is 6.29. The quantitative estimate of drug-likeness (QED) is 0.603. The molecule has 0 aliphatic carbocycles. The summed E-state index contributed by atoms with van der Waals surface area (Å²) >= 11 is 0. The zero-order valence-corrected chi connectivity index (χ0v) is 10.9. The minimum Gasteiger partial charge on any atom is -0.493 e. The van der Waals surface area contributed by atoms with Gasteiger partial charge in [-0.3, -0.25) is 0 Å². The Bertz CT molecular complexity index is 463. The van der Waals surface area contributed by atoms with Crippen molar-refractivity contribution in [2.75, 3.05) is 20.3 Å². The largest absolute Gasteiger partial charge is 0.493 e. The van der Waals surface area contributed by atoms with Gasteiger partial charge in [-0.15, -0.1) is 0 Å². The smallest absolute Gasteiger partial charge is 0.235 e. The van der Waals surface area contributed by atoms with Gasteiger partial charge in [0.2, 0.25) is 6.08 Å². The molecule has 0 amide bonds. The Morgan fingerprint density at radius 3 is 3.11 bits per heavy atom. The van der Waals surface area contributed by atoms with E-state index < -0.39 is 0 Å². The van der Waals surface area contributed by atoms with Gasteiger partial charge in [-0.25, -0.2) is 9.79 Å². The lowest BCUT2D eigenvalue weighted by Crippen LogP contribution is -2.28. The van der Waals surface area contributed by atoms with E-state index in [2.05, 4.69) is 4.99 Å². The average molecular weight is 263 g/mol. The fraction of sp³-hybridized carbons (Fsp3) is 0.500. The summed E-state index contributed by atoms with van der Waals surface area (Å²) in [6.07, 6.45) is 3.50. The van der Waals surface area contributed by atoms with Crippen LogP contribution < -0.4 is 9.47 Å². The van der Waals surface area contributed by atoms with Gasteiger partial charge in [-0.1, -0.05) is 12.1 Å². The molecule has 1 aliphatic heterocycles. The maximum atomic E-state index is 10.3. The number of benzene rings is 1. The Morgan fingerprint density at radius 2 is 2.42 bits per heavy atom. The Hall–Kier alpha value is -1.84. The van der Waals surface area contributed by atoms with Gasteiger partial charge in [-0.2, -0.15) is 0 Å². The highest BCUT2D eigenvalue weighted by molar-refractivity contribution is 5.47. The van der Waals surface area contributed by atoms with Crippen LogP contribution in [0.2, 0.25) is 0 Å². The van der Waals surface area contributed by atoms with Crippen LogP contribution in [0, 0.1) is 0 Å². The van der Waals surface area contributed by atoms with Crippen molar-refractivity contribution in [1.29, 1.82) is 0 Å². The van der Waals surface area contributed by atoms with Crippen LogP contribution in [0.1, 0.15) is 18.4 Å². The van der Waals surface area contributed by atoms with Crippen molar-refractivity contribution >= 4 is 6.08 Å². The van der Waals surface area contributed by atoms with Crippen LogP contribution >= 0.6 is 0 Å². The van der Waals surface area contributed by atoms with E-state index in [1.165, 1.54) is 6.08 Å². The van der Waals surface area contributed by atoms with E-state index in [0.29, 0.717) is 18.1 Å². The summed E-state index contributed by atoms with van der Waals surface area (Å²) in [7, 11) is 1.59. The minimum absolute atomic E-state index is 0.0176. The van der Waals surface area contributed by atoms with E-state index in [1.807, 2.05) is 18.2 Å². The lowest BCUT2D eigenvalue weighted by Gasteiger charge is -2.25. The average Bonchev–Trinajstić information content (AvgIpc) is 2.47. The fourth-order valence-corrected chi connectivity index (χ4v) is 2.07. The number of isocyanates is 1. The molecule has 0 saturated carbocycles. The monoisotopic (exact) mass is 263 g/mol. The van der Waals surface area contributed by atoms with E-state index in [0.717, 1.165) is 25.0 Å². The van der Waals surface area contributed by atoms with Crippen molar-refractivity contribution in [3.8, 4) is 11.5 Å². The molecule has 1 aliphatic rings. The van der Waals surface area contributed by atoms with Gasteiger partial charge < -0.3 is 14.2 Å². The molecule has 1 heterocycles. The zero-order chi connectivity index (χ0) is 13.5. The van der Waals surface area contributed by atoms with Gasteiger partial charge in [0.15, 0.2) is 11.5 Å². The molecular weight excluding hydrogens is 246 g/mol. The molecule has 0 aromatic heterocycles. The second-order valence-electron chi connectivity index (χ2n) is 4.31. The Labute approximate surface area is 112 Å². The maximum Gasteiger partial charge on any atom is 0.235 e. The number of aliphatic imine (C=N–C) groups is 1. The van der Waals surface area contributed by atoms with E-state index in [1.54, 1.807) is 7.11 Å². The number of para-hydroxylation sites is 1. The van der Waals surface area contributed by atoms with Crippen molar-refractivity contribution in [3.63, 3.8) is 0 Å². The fourth-order valence-electron chi connectivity index (χ4n) is 2.07. The van der Waals surface area contributed by atoms with Crippen molar-refractivity contribution in [2.45, 2.75) is 25.5 Å². The summed E-state index contributed by atoms with van der Waals surface area (Å²) < 4.78 is 16.7. The molecule has 1 saturated heterocycles. The lowest BCUT2D eigenvalue weighted by atomic mass is 10.1. The molecule has 5 heteroatoms. The highest BCUT2D eigenvalue weighted by Crippen LogP contribution is 2.33. The Morgan fingerprint density at radius 1 is 1.53 bits per heavy atom. The van der Waals surface area contributed by atoms with Gasteiger partial charge in [0.05, 0.1) is 20.3 Å². The number of hydrogen-bond acceptors (Lipinski definition) is 5. The zero-order valence-electron chi connectivity index (χ0n) is 10.9. The van der Waals surface area contributed by atoms with Crippen LogP contribution in [0.5, 0.6) is 11.5 Å². The molecule has 2 rings (SSSR count). The van der Waals surface area contributed by atoms with Gasteiger partial charge >= 0.3 is 0 Å². The Kier molecular flexibility index (Phi) is 4.95. The number of methoxy groups -OCH3 is 1. The van der Waals surface area contributed by atoms with Crippen molar-refractivity contribution in [1.82, 2.24) is 0 Å². The number of rotatable bonds is 5. The molecule has 0 N–H and O–H groups in total. The maximum absolute atomic E-state index is 10.3. The molecule has 0 bridgehead atoms. The first-order chi connectivity index (χ1) is 9.35. The van der Waals surface area contributed by atoms with Gasteiger partial charge in [0.25, 0.3) is 0 Å². The molecule has 0 spiro atoms. The van der Waals surface area contributed by atoms with Gasteiger partial charge in [0, 0.05) is 12.2 Å². The molecule has 1 aromatic rings. The summed E-state index contributed by atoms with van der Waals surface area (Å²) in [5, 5.41) is 0. The number of carbonyl (C=O) groups excluding carboxylic acids is 1. The molecule has 19 heavy (non-hydrogen) atoms. The van der Waals surface area contributed by atoms with Gasteiger partial charge in [0.1, 0.15) is 6.10 Å². The summed E-state index contributed by atoms with van der Waals surface area (Å²) in [5.74, 6) is 1.28. The van der Waals surface area contributed by atoms with E-state index >= 15 is 0 Å². The molecular formula is C14H17NO4. The first kappa shape index (κ1) is 13.6. The van der Waals surface area contributed by atoms with E-state index in [9.17, 15) is 4.79 Å². The standard InChI is InChI=1S/C14H17NO4/c1-17-13-6-2-4-11(8-15-10-16)14(13)19-12-5-3-7-18-9-12/h2,4,6,12H,3,5,7-9H2,1H3. The van der Waals surface area contributed by atoms with Crippen LogP contribution in [0.25, 0.3) is 0 Å². The SMILES string of the molecule is COc1cccc(CN=C=O)c1OC1CCCOC1. The summed E-state index contributed by atoms with van der Waals surface area (Å²) in [6.45, 7) is 1.60. The highest BCUT2D eigenvalue weighted by Gasteiger charge is 2.19. The summed E-state index contributed by atoms with van der Waals surface area (Å²) in [6, 6.07) is 5.54. The van der Waals surface area contributed by atoms with Crippen molar-refractivity contribution < 1.29 is 19.0 Å². The minimum atomic E-state index is 0.0176. The second kappa shape index (κ2) is 6.92. The molecule has 102 valence electrons. The van der Waals surface area contributed by atoms with E-state index in [-0.39, 0.29) is 12.6 Å². The number of hydrogen-bond donors (Lipinski definition) is 0. The normalized spacial score (nSPS) is 18.5. The molecule has 0 radical (unpaired) electrons. The molecule has 1 fully saturated rings. The number of ether oxygens (including phenoxy) is 3. The molecule has 1 aromatic carbocycles. The van der Waals surface area contributed by atoms with Crippen LogP contribution in [-0.4, -0.2) is 32.5 Å². The highest BCUT2D eigenvalue weighted by atomic mass is 16.5. The third-order valence-corrected chi connectivity index (χ3v) is 3.00. The number of nitrogens with zero attached hydrogens (tertiary/aromatic N) is 1. The lowest BCUT2D eigenvalue weighted by molar-refractivity contribution is 0.00605. The molecule has 1 unspecified atom stereocenters. The molecule has 1 atom stereocenters. The predicted octanol–water partition coefficient (Wildman–Crippen LogP) is 2.09. The van der Waals surface area contributed by atoms with Crippen LogP contribution in [-0.2, 0) is 16.1 Å². The second-order valence-corrected chi connectivity index (χ2v) is 4.31.